The van der Waals surface area contributed by atoms with Crippen LogP contribution in [0.15, 0.2) is 48.7 Å². The molecule has 0 bridgehead atoms. The number of nitrogens with one attached hydrogen (secondary N) is 1. The van der Waals surface area contributed by atoms with Crippen molar-refractivity contribution >= 4 is 23.3 Å². The van der Waals surface area contributed by atoms with E-state index in [-0.39, 0.29) is 11.3 Å². The molecule has 1 N–H and O–H groups in total. The largest absolute Gasteiger partial charge is 0.444 e. The third kappa shape index (κ3) is 4.74. The summed E-state index contributed by atoms with van der Waals surface area (Å²) in [5.74, 6) is -1.40. The molecule has 2 aromatic rings. The summed E-state index contributed by atoms with van der Waals surface area (Å²) in [4.78, 5) is 40.1. The van der Waals surface area contributed by atoms with Gasteiger partial charge in [0, 0.05) is 17.4 Å². The number of anilines is 1. The topological polar surface area (TPSA) is 85.4 Å². The fraction of sp³-hybridized carbons (Fsp3) is 0.222. The van der Waals surface area contributed by atoms with Gasteiger partial charge >= 0.3 is 6.09 Å². The molecule has 0 spiro atoms. The van der Waals surface area contributed by atoms with Gasteiger partial charge in [-0.05, 0) is 32.9 Å². The van der Waals surface area contributed by atoms with E-state index in [1.807, 2.05) is 0 Å². The molecule has 0 saturated heterocycles. The van der Waals surface area contributed by atoms with Crippen molar-refractivity contribution < 1.29 is 19.1 Å². The van der Waals surface area contributed by atoms with Crippen LogP contribution in [0.3, 0.4) is 0 Å². The summed E-state index contributed by atoms with van der Waals surface area (Å²) >= 11 is 0. The van der Waals surface area contributed by atoms with E-state index >= 15 is 0 Å². The zero-order chi connectivity index (χ0) is 17.7. The molecule has 0 saturated carbocycles. The van der Waals surface area contributed by atoms with E-state index in [9.17, 15) is 14.4 Å². The van der Waals surface area contributed by atoms with Gasteiger partial charge in [0.15, 0.2) is 0 Å². The maximum absolute atomic E-state index is 12.3. The Labute approximate surface area is 139 Å². The van der Waals surface area contributed by atoms with E-state index in [1.54, 1.807) is 51.1 Å². The fourth-order valence-corrected chi connectivity index (χ4v) is 1.89. The minimum Gasteiger partial charge on any atom is -0.444 e. The van der Waals surface area contributed by atoms with Gasteiger partial charge in [-0.15, -0.1) is 0 Å². The van der Waals surface area contributed by atoms with Crippen LogP contribution in [0.25, 0.3) is 0 Å². The van der Waals surface area contributed by atoms with Crippen LogP contribution < -0.4 is 5.32 Å². The molecule has 6 nitrogen and oxygen atoms in total. The van der Waals surface area contributed by atoms with Crippen LogP contribution in [0.5, 0.6) is 0 Å². The average molecular weight is 326 g/mol. The highest BCUT2D eigenvalue weighted by molar-refractivity contribution is 6.48. The van der Waals surface area contributed by atoms with Crippen LogP contribution in [0.2, 0.25) is 0 Å². The van der Waals surface area contributed by atoms with Crippen molar-refractivity contribution in [3.63, 3.8) is 0 Å². The fourth-order valence-electron chi connectivity index (χ4n) is 1.89. The van der Waals surface area contributed by atoms with Crippen LogP contribution >= 0.6 is 0 Å². The lowest BCUT2D eigenvalue weighted by molar-refractivity contribution is 0.0635. The van der Waals surface area contributed by atoms with Gasteiger partial charge in [-0.3, -0.25) is 19.9 Å². The van der Waals surface area contributed by atoms with E-state index in [0.29, 0.717) is 5.69 Å². The quantitative estimate of drug-likeness (QED) is 0.686. The Morgan fingerprint density at radius 1 is 1.00 bits per heavy atom. The Hall–Kier alpha value is -3.02. The second-order valence-electron chi connectivity index (χ2n) is 6.08. The van der Waals surface area contributed by atoms with Crippen LogP contribution in [0.4, 0.5) is 10.5 Å². The number of Topliss-reactive ketones (excluding diaryl/α,β-unsaturated/α-hetero) is 2. The van der Waals surface area contributed by atoms with Crippen molar-refractivity contribution in [2.24, 2.45) is 0 Å². The Morgan fingerprint density at radius 3 is 2.29 bits per heavy atom. The molecule has 1 aromatic carbocycles. The molecule has 24 heavy (non-hydrogen) atoms. The van der Waals surface area contributed by atoms with Crippen LogP contribution in [0, 0.1) is 0 Å². The van der Waals surface area contributed by atoms with Crippen molar-refractivity contribution in [2.45, 2.75) is 26.4 Å². The first-order valence-corrected chi connectivity index (χ1v) is 7.36. The SMILES string of the molecule is CC(C)(C)OC(=O)Nc1ccnc(C(=O)C(=O)c2ccccc2)c1. The normalized spacial score (nSPS) is 10.8. The van der Waals surface area contributed by atoms with Crippen molar-refractivity contribution in [2.75, 3.05) is 5.32 Å². The average Bonchev–Trinajstić information content (AvgIpc) is 2.52. The summed E-state index contributed by atoms with van der Waals surface area (Å²) in [6.07, 6.45) is 0.694. The number of hydrogen-bond acceptors (Lipinski definition) is 5. The minimum atomic E-state index is -0.742. The predicted molar refractivity (Wildman–Crippen MR) is 89.2 cm³/mol. The first-order valence-electron chi connectivity index (χ1n) is 7.36. The summed E-state index contributed by atoms with van der Waals surface area (Å²) in [6, 6.07) is 11.1. The van der Waals surface area contributed by atoms with E-state index in [1.165, 1.54) is 18.3 Å². The van der Waals surface area contributed by atoms with Crippen molar-refractivity contribution in [3.8, 4) is 0 Å². The van der Waals surface area contributed by atoms with Gasteiger partial charge in [-0.25, -0.2) is 4.79 Å². The van der Waals surface area contributed by atoms with Crippen molar-refractivity contribution in [3.05, 3.63) is 59.9 Å². The number of carbonyl (C=O) groups excluding carboxylic acids is 3. The molecule has 0 atom stereocenters. The molecule has 0 unspecified atom stereocenters. The second-order valence-corrected chi connectivity index (χ2v) is 6.08. The van der Waals surface area contributed by atoms with Gasteiger partial charge in [0.25, 0.3) is 5.78 Å². The number of carbonyl (C=O) groups is 3. The first kappa shape index (κ1) is 17.3. The molecule has 1 aromatic heterocycles. The maximum Gasteiger partial charge on any atom is 0.412 e. The van der Waals surface area contributed by atoms with E-state index in [0.717, 1.165) is 0 Å². The van der Waals surface area contributed by atoms with Gasteiger partial charge in [-0.1, -0.05) is 30.3 Å². The highest BCUT2D eigenvalue weighted by Crippen LogP contribution is 2.14. The van der Waals surface area contributed by atoms with E-state index < -0.39 is 23.3 Å². The zero-order valence-corrected chi connectivity index (χ0v) is 13.7. The summed E-state index contributed by atoms with van der Waals surface area (Å²) < 4.78 is 5.14. The number of pyridine rings is 1. The highest BCUT2D eigenvalue weighted by atomic mass is 16.6. The third-order valence-corrected chi connectivity index (χ3v) is 2.88. The molecule has 0 fully saturated rings. The molecular weight excluding hydrogens is 308 g/mol. The molecule has 2 rings (SSSR count). The summed E-state index contributed by atoms with van der Waals surface area (Å²) in [7, 11) is 0. The number of ketones is 2. The molecule has 0 aliphatic heterocycles. The Balaban J connectivity index is 2.14. The molecule has 0 radical (unpaired) electrons. The number of benzene rings is 1. The van der Waals surface area contributed by atoms with Crippen LogP contribution in [-0.4, -0.2) is 28.2 Å². The third-order valence-electron chi connectivity index (χ3n) is 2.88. The molecule has 1 heterocycles. The molecule has 124 valence electrons. The first-order chi connectivity index (χ1) is 11.3. The lowest BCUT2D eigenvalue weighted by Gasteiger charge is -2.19. The van der Waals surface area contributed by atoms with Gasteiger partial charge in [-0.2, -0.15) is 0 Å². The molecule has 1 amide bonds. The van der Waals surface area contributed by atoms with Gasteiger partial charge in [0.2, 0.25) is 5.78 Å². The van der Waals surface area contributed by atoms with Crippen molar-refractivity contribution in [1.29, 1.82) is 0 Å². The number of hydrogen-bond donors (Lipinski definition) is 1. The Kier molecular flexibility index (Phi) is 5.08. The highest BCUT2D eigenvalue weighted by Gasteiger charge is 2.21. The lowest BCUT2D eigenvalue weighted by Crippen LogP contribution is -2.27. The minimum absolute atomic E-state index is 0.0441. The number of aromatic nitrogens is 1. The summed E-state index contributed by atoms with van der Waals surface area (Å²) in [5.41, 5.74) is -0.0744. The summed E-state index contributed by atoms with van der Waals surface area (Å²) in [5, 5.41) is 2.51. The zero-order valence-electron chi connectivity index (χ0n) is 13.7. The second kappa shape index (κ2) is 7.04. The summed E-state index contributed by atoms with van der Waals surface area (Å²) in [6.45, 7) is 5.23. The van der Waals surface area contributed by atoms with E-state index in [2.05, 4.69) is 10.3 Å². The van der Waals surface area contributed by atoms with E-state index in [4.69, 9.17) is 4.74 Å². The number of amides is 1. The van der Waals surface area contributed by atoms with Crippen molar-refractivity contribution in [1.82, 2.24) is 4.98 Å². The van der Waals surface area contributed by atoms with Gasteiger partial charge in [0.05, 0.1) is 0 Å². The molecular formula is C18H18N2O4. The molecule has 6 heteroatoms. The van der Waals surface area contributed by atoms with Crippen LogP contribution in [-0.2, 0) is 4.74 Å². The lowest BCUT2D eigenvalue weighted by atomic mass is 10.1. The smallest absolute Gasteiger partial charge is 0.412 e. The monoisotopic (exact) mass is 326 g/mol. The van der Waals surface area contributed by atoms with Gasteiger partial charge in [0.1, 0.15) is 11.3 Å². The predicted octanol–water partition coefficient (Wildman–Crippen LogP) is 3.49. The number of nitrogens with zero attached hydrogens (tertiary/aromatic N) is 1. The molecule has 0 aliphatic carbocycles. The Morgan fingerprint density at radius 2 is 1.67 bits per heavy atom. The number of rotatable bonds is 4. The van der Waals surface area contributed by atoms with Crippen LogP contribution in [0.1, 0.15) is 41.6 Å². The standard InChI is InChI=1S/C18H18N2O4/c1-18(2,3)24-17(23)20-13-9-10-19-14(11-13)16(22)15(21)12-7-5-4-6-8-12/h4-11H,1-3H3,(H,19,20,23). The number of ether oxygens (including phenoxy) is 1. The maximum atomic E-state index is 12.3. The Bertz CT molecular complexity index is 764. The van der Waals surface area contributed by atoms with Gasteiger partial charge < -0.3 is 4.74 Å². The molecule has 0 aliphatic rings.